The molecule has 0 aromatic carbocycles. The number of halogens is 1. The second-order valence-electron chi connectivity index (χ2n) is 6.27. The normalized spacial score (nSPS) is 21.3. The van der Waals surface area contributed by atoms with Crippen LogP contribution in [-0.2, 0) is 14.1 Å². The highest BCUT2D eigenvalue weighted by atomic mass is 19.1. The molecule has 0 spiro atoms. The first-order valence-corrected chi connectivity index (χ1v) is 6.80. The lowest BCUT2D eigenvalue weighted by Gasteiger charge is -2.32. The number of rotatable bonds is 4. The maximum absolute atomic E-state index is 13.4. The molecule has 0 radical (unpaired) electrons. The van der Waals surface area contributed by atoms with E-state index in [1.54, 1.807) is 0 Å². The van der Waals surface area contributed by atoms with E-state index < -0.39 is 35.9 Å². The van der Waals surface area contributed by atoms with Gasteiger partial charge < -0.3 is 14.4 Å². The number of hydrogen-bond acceptors (Lipinski definition) is 4. The molecule has 0 bridgehead atoms. The molecule has 1 unspecified atom stereocenters. The number of aliphatic carboxylic acids is 1. The summed E-state index contributed by atoms with van der Waals surface area (Å²) in [5.74, 6) is -2.13. The van der Waals surface area contributed by atoms with Crippen LogP contribution in [0.4, 0.5) is 4.39 Å². The Balaban J connectivity index is 2.32. The van der Waals surface area contributed by atoms with Crippen molar-refractivity contribution in [2.75, 3.05) is 0 Å². The van der Waals surface area contributed by atoms with Gasteiger partial charge in [-0.1, -0.05) is 0 Å². The van der Waals surface area contributed by atoms with Gasteiger partial charge >= 0.3 is 13.1 Å². The first kappa shape index (κ1) is 15.9. The lowest BCUT2D eigenvalue weighted by atomic mass is 9.66. The number of aromatic nitrogens is 1. The fraction of sp³-hybridized carbons (Fsp3) is 0.571. The molecule has 1 aliphatic heterocycles. The molecule has 1 saturated heterocycles. The average molecular weight is 295 g/mol. The van der Waals surface area contributed by atoms with E-state index >= 15 is 0 Å². The van der Waals surface area contributed by atoms with Gasteiger partial charge in [-0.15, -0.1) is 0 Å². The summed E-state index contributed by atoms with van der Waals surface area (Å²) in [5, 5.41) is 9.11. The zero-order valence-electron chi connectivity index (χ0n) is 12.6. The van der Waals surface area contributed by atoms with Gasteiger partial charge in [0.2, 0.25) is 0 Å². The highest BCUT2D eigenvalue weighted by Crippen LogP contribution is 2.41. The van der Waals surface area contributed by atoms with Crippen LogP contribution in [0.25, 0.3) is 0 Å². The average Bonchev–Trinajstić information content (AvgIpc) is 2.55. The van der Waals surface area contributed by atoms with Crippen LogP contribution in [-0.4, -0.2) is 34.4 Å². The smallest absolute Gasteiger partial charge is 0.466 e. The van der Waals surface area contributed by atoms with Crippen LogP contribution in [0.5, 0.6) is 0 Å². The Morgan fingerprint density at radius 1 is 1.33 bits per heavy atom. The fourth-order valence-corrected chi connectivity index (χ4v) is 2.24. The maximum Gasteiger partial charge on any atom is 0.466 e. The molecule has 114 valence electrons. The van der Waals surface area contributed by atoms with Crippen LogP contribution in [0.3, 0.4) is 0 Å². The maximum atomic E-state index is 13.4. The van der Waals surface area contributed by atoms with Crippen LogP contribution >= 0.6 is 0 Å². The Kier molecular flexibility index (Phi) is 4.08. The summed E-state index contributed by atoms with van der Waals surface area (Å²) in [6, 6.07) is 1.27. The fourth-order valence-electron chi connectivity index (χ4n) is 2.24. The van der Waals surface area contributed by atoms with Gasteiger partial charge in [0.05, 0.1) is 23.8 Å². The number of hydrogen-bond donors (Lipinski definition) is 1. The third kappa shape index (κ3) is 3.24. The molecule has 21 heavy (non-hydrogen) atoms. The molecule has 2 rings (SSSR count). The predicted molar refractivity (Wildman–Crippen MR) is 75.3 cm³/mol. The number of carboxylic acid groups (broad SMARTS) is 1. The topological polar surface area (TPSA) is 68.7 Å². The Hall–Kier alpha value is -1.47. The second-order valence-corrected chi connectivity index (χ2v) is 6.27. The Morgan fingerprint density at radius 3 is 2.38 bits per heavy atom. The molecule has 0 aliphatic carbocycles. The first-order valence-electron chi connectivity index (χ1n) is 6.80. The highest BCUT2D eigenvalue weighted by molar-refractivity contribution is 6.48. The van der Waals surface area contributed by atoms with Crippen LogP contribution in [0.2, 0.25) is 0 Å². The quantitative estimate of drug-likeness (QED) is 0.864. The molecular weight excluding hydrogens is 276 g/mol. The lowest BCUT2D eigenvalue weighted by Crippen LogP contribution is -2.41. The first-order chi connectivity index (χ1) is 9.62. The van der Waals surface area contributed by atoms with Crippen molar-refractivity contribution < 1.29 is 23.6 Å². The largest absolute Gasteiger partial charge is 0.481 e. The molecule has 7 heteroatoms. The Bertz CT molecular complexity index is 534. The third-order valence-electron chi connectivity index (χ3n) is 4.15. The van der Waals surface area contributed by atoms with Crippen LogP contribution in [0.1, 0.15) is 45.5 Å². The molecule has 2 heterocycles. The molecule has 0 saturated carbocycles. The lowest BCUT2D eigenvalue weighted by molar-refractivity contribution is -0.137. The van der Waals surface area contributed by atoms with Crippen molar-refractivity contribution >= 4 is 13.1 Å². The highest BCUT2D eigenvalue weighted by Gasteiger charge is 2.54. The number of pyridine rings is 1. The van der Waals surface area contributed by atoms with Crippen LogP contribution in [0, 0.1) is 5.82 Å². The summed E-state index contributed by atoms with van der Waals surface area (Å²) in [6.45, 7) is 7.53. The van der Waals surface area contributed by atoms with Gasteiger partial charge in [-0.3, -0.25) is 9.78 Å². The van der Waals surface area contributed by atoms with Crippen molar-refractivity contribution in [3.63, 3.8) is 0 Å². The van der Waals surface area contributed by atoms with Crippen molar-refractivity contribution in [1.29, 1.82) is 0 Å². The van der Waals surface area contributed by atoms with E-state index in [4.69, 9.17) is 14.4 Å². The van der Waals surface area contributed by atoms with Gasteiger partial charge in [-0.05, 0) is 39.3 Å². The van der Waals surface area contributed by atoms with Gasteiger partial charge in [0.1, 0.15) is 5.82 Å². The number of carboxylic acids is 1. The summed E-state index contributed by atoms with van der Waals surface area (Å²) < 4.78 is 25.1. The van der Waals surface area contributed by atoms with Crippen LogP contribution < -0.4 is 0 Å². The van der Waals surface area contributed by atoms with Crippen molar-refractivity contribution in [2.24, 2.45) is 0 Å². The van der Waals surface area contributed by atoms with E-state index in [0.717, 1.165) is 6.20 Å². The molecule has 1 N–H and O–H groups in total. The molecule has 1 atom stereocenters. The van der Waals surface area contributed by atoms with Gasteiger partial charge in [0.25, 0.3) is 0 Å². The molecule has 1 fully saturated rings. The molecule has 5 nitrogen and oxygen atoms in total. The number of nitrogens with zero attached hydrogens (tertiary/aromatic N) is 1. The monoisotopic (exact) mass is 295 g/mol. The number of carbonyl (C=O) groups is 1. The van der Waals surface area contributed by atoms with E-state index in [2.05, 4.69) is 4.98 Å². The van der Waals surface area contributed by atoms with Crippen molar-refractivity contribution in [1.82, 2.24) is 4.98 Å². The molecule has 1 aliphatic rings. The van der Waals surface area contributed by atoms with E-state index in [-0.39, 0.29) is 6.42 Å². The minimum Gasteiger partial charge on any atom is -0.481 e. The summed E-state index contributed by atoms with van der Waals surface area (Å²) in [5.41, 5.74) is -0.694. The van der Waals surface area contributed by atoms with Gasteiger partial charge in [-0.25, -0.2) is 4.39 Å². The van der Waals surface area contributed by atoms with E-state index in [1.807, 2.05) is 27.7 Å². The van der Waals surface area contributed by atoms with E-state index in [9.17, 15) is 9.18 Å². The zero-order valence-corrected chi connectivity index (χ0v) is 12.6. The van der Waals surface area contributed by atoms with Gasteiger partial charge in [-0.2, -0.15) is 0 Å². The van der Waals surface area contributed by atoms with Gasteiger partial charge in [0, 0.05) is 12.0 Å². The van der Waals surface area contributed by atoms with Crippen molar-refractivity contribution in [3.05, 3.63) is 29.8 Å². The van der Waals surface area contributed by atoms with Gasteiger partial charge in [0.15, 0.2) is 0 Å². The Morgan fingerprint density at radius 2 is 1.90 bits per heavy atom. The molecule has 1 aromatic rings. The minimum absolute atomic E-state index is 0.220. The standard InChI is InChI=1S/C14H19BFNO4/c1-13(2)14(3,4)21-15(20-13)11(6-12(18)19)9-5-10(16)8-17-7-9/h5,7-8,11H,6H2,1-4H3,(H,18,19). The van der Waals surface area contributed by atoms with E-state index in [1.165, 1.54) is 12.3 Å². The molecular formula is C14H19BFNO4. The van der Waals surface area contributed by atoms with Crippen molar-refractivity contribution in [3.8, 4) is 0 Å². The second kappa shape index (κ2) is 5.38. The summed E-state index contributed by atoms with van der Waals surface area (Å²) in [4.78, 5) is 14.9. The Labute approximate surface area is 123 Å². The van der Waals surface area contributed by atoms with Crippen LogP contribution in [0.15, 0.2) is 18.5 Å². The summed E-state index contributed by atoms with van der Waals surface area (Å²) in [6.07, 6.45) is 2.30. The molecule has 1 aromatic heterocycles. The molecule has 0 amide bonds. The summed E-state index contributed by atoms with van der Waals surface area (Å²) in [7, 11) is -0.755. The predicted octanol–water partition coefficient (Wildman–Crippen LogP) is 2.41. The third-order valence-corrected chi connectivity index (χ3v) is 4.15. The minimum atomic E-state index is -1.00. The van der Waals surface area contributed by atoms with E-state index in [0.29, 0.717) is 5.56 Å². The SMILES string of the molecule is CC1(C)OB(C(CC(=O)O)c2cncc(F)c2)OC1(C)C. The van der Waals surface area contributed by atoms with Crippen molar-refractivity contribution in [2.45, 2.75) is 51.1 Å². The zero-order chi connectivity index (χ0) is 15.8. The summed E-state index contributed by atoms with van der Waals surface area (Å²) >= 11 is 0.